The third-order valence-electron chi connectivity index (χ3n) is 4.46. The summed E-state index contributed by atoms with van der Waals surface area (Å²) >= 11 is 12.1. The molecule has 1 aliphatic rings. The van der Waals surface area contributed by atoms with E-state index in [0.717, 1.165) is 35.8 Å². The van der Waals surface area contributed by atoms with E-state index in [1.807, 2.05) is 19.1 Å². The summed E-state index contributed by atoms with van der Waals surface area (Å²) in [4.78, 5) is 16.5. The van der Waals surface area contributed by atoms with Crippen LogP contribution < -0.4 is 15.0 Å². The number of hydrogen-bond donors (Lipinski definition) is 1. The summed E-state index contributed by atoms with van der Waals surface area (Å²) in [5, 5.41) is 4.23. The van der Waals surface area contributed by atoms with Crippen LogP contribution in [0.5, 0.6) is 5.75 Å². The van der Waals surface area contributed by atoms with E-state index in [4.69, 9.17) is 27.9 Å². The second-order valence-electron chi connectivity index (χ2n) is 6.18. The maximum Gasteiger partial charge on any atom is 0.321 e. The highest BCUT2D eigenvalue weighted by atomic mass is 35.5. The number of aryl methyl sites for hydroxylation is 1. The lowest BCUT2D eigenvalue weighted by atomic mass is 10.1. The SMILES string of the molecule is COc1cc(Cl)c(C)cc1N1CCN(C(=O)Nc2ccc(Cl)cc2)CC1. The Balaban J connectivity index is 1.63. The van der Waals surface area contributed by atoms with Crippen molar-refractivity contribution >= 4 is 40.6 Å². The Hall–Kier alpha value is -2.11. The van der Waals surface area contributed by atoms with Crippen molar-refractivity contribution in [1.82, 2.24) is 4.90 Å². The molecule has 7 heteroatoms. The molecule has 0 saturated carbocycles. The molecule has 138 valence electrons. The zero-order chi connectivity index (χ0) is 18.7. The van der Waals surface area contributed by atoms with Crippen LogP contribution >= 0.6 is 23.2 Å². The van der Waals surface area contributed by atoms with Gasteiger partial charge < -0.3 is 19.9 Å². The first-order valence-corrected chi connectivity index (χ1v) is 9.14. The van der Waals surface area contributed by atoms with E-state index >= 15 is 0 Å². The molecule has 2 aromatic rings. The van der Waals surface area contributed by atoms with Gasteiger partial charge >= 0.3 is 6.03 Å². The summed E-state index contributed by atoms with van der Waals surface area (Å²) in [6.07, 6.45) is 0. The van der Waals surface area contributed by atoms with Crippen molar-refractivity contribution in [3.8, 4) is 5.75 Å². The van der Waals surface area contributed by atoms with Crippen molar-refractivity contribution in [3.63, 3.8) is 0 Å². The lowest BCUT2D eigenvalue weighted by Crippen LogP contribution is -2.50. The van der Waals surface area contributed by atoms with Crippen molar-refractivity contribution in [3.05, 3.63) is 52.0 Å². The number of hydrogen-bond acceptors (Lipinski definition) is 3. The summed E-state index contributed by atoms with van der Waals surface area (Å²) in [7, 11) is 1.64. The number of methoxy groups -OCH3 is 1. The van der Waals surface area contributed by atoms with Crippen LogP contribution in [-0.4, -0.2) is 44.2 Å². The van der Waals surface area contributed by atoms with Gasteiger partial charge in [-0.2, -0.15) is 0 Å². The van der Waals surface area contributed by atoms with Gasteiger partial charge in [-0.25, -0.2) is 4.79 Å². The van der Waals surface area contributed by atoms with Gasteiger partial charge in [-0.3, -0.25) is 0 Å². The third kappa shape index (κ3) is 4.17. The molecule has 0 aliphatic carbocycles. The lowest BCUT2D eigenvalue weighted by Gasteiger charge is -2.36. The summed E-state index contributed by atoms with van der Waals surface area (Å²) in [5.41, 5.74) is 2.74. The van der Waals surface area contributed by atoms with Crippen LogP contribution in [0.4, 0.5) is 16.2 Å². The lowest BCUT2D eigenvalue weighted by molar-refractivity contribution is 0.208. The molecule has 2 aromatic carbocycles. The Morgan fingerprint density at radius 2 is 1.73 bits per heavy atom. The maximum atomic E-state index is 12.4. The smallest absolute Gasteiger partial charge is 0.321 e. The molecule has 0 radical (unpaired) electrons. The van der Waals surface area contributed by atoms with E-state index in [-0.39, 0.29) is 6.03 Å². The predicted octanol–water partition coefficient (Wildman–Crippen LogP) is 4.66. The van der Waals surface area contributed by atoms with Crippen LogP contribution in [0.2, 0.25) is 10.0 Å². The van der Waals surface area contributed by atoms with Crippen molar-refractivity contribution in [2.75, 3.05) is 43.5 Å². The maximum absolute atomic E-state index is 12.4. The monoisotopic (exact) mass is 393 g/mol. The van der Waals surface area contributed by atoms with Crippen LogP contribution in [-0.2, 0) is 0 Å². The zero-order valence-corrected chi connectivity index (χ0v) is 16.3. The van der Waals surface area contributed by atoms with Crippen LogP contribution in [0.3, 0.4) is 0 Å². The van der Waals surface area contributed by atoms with Gasteiger partial charge in [0.15, 0.2) is 0 Å². The quantitative estimate of drug-likeness (QED) is 0.823. The van der Waals surface area contributed by atoms with Crippen molar-refractivity contribution in [1.29, 1.82) is 0 Å². The highest BCUT2D eigenvalue weighted by Crippen LogP contribution is 2.34. The molecule has 26 heavy (non-hydrogen) atoms. The molecule has 1 N–H and O–H groups in total. The molecular formula is C19H21Cl2N3O2. The number of halogens is 2. The number of amides is 2. The normalized spacial score (nSPS) is 14.3. The van der Waals surface area contributed by atoms with Crippen LogP contribution in [0.1, 0.15) is 5.56 Å². The number of nitrogens with zero attached hydrogens (tertiary/aromatic N) is 2. The number of nitrogens with one attached hydrogen (secondary N) is 1. The Kier molecular flexibility index (Phi) is 5.79. The van der Waals surface area contributed by atoms with Gasteiger partial charge in [0.2, 0.25) is 0 Å². The van der Waals surface area contributed by atoms with Gasteiger partial charge in [0, 0.05) is 48.0 Å². The fourth-order valence-electron chi connectivity index (χ4n) is 2.94. The molecule has 0 spiro atoms. The second kappa shape index (κ2) is 8.06. The number of anilines is 2. The molecule has 5 nitrogen and oxygen atoms in total. The summed E-state index contributed by atoms with van der Waals surface area (Å²) in [5.74, 6) is 0.750. The number of piperazine rings is 1. The number of benzene rings is 2. The fourth-order valence-corrected chi connectivity index (χ4v) is 3.22. The third-order valence-corrected chi connectivity index (χ3v) is 5.12. The predicted molar refractivity (Wildman–Crippen MR) is 107 cm³/mol. The van der Waals surface area contributed by atoms with Gasteiger partial charge in [-0.05, 0) is 42.8 Å². The highest BCUT2D eigenvalue weighted by Gasteiger charge is 2.23. The minimum Gasteiger partial charge on any atom is -0.495 e. The average Bonchev–Trinajstić information content (AvgIpc) is 2.65. The molecule has 0 aromatic heterocycles. The molecule has 3 rings (SSSR count). The zero-order valence-electron chi connectivity index (χ0n) is 14.8. The van der Waals surface area contributed by atoms with Crippen molar-refractivity contribution in [2.45, 2.75) is 6.92 Å². The Morgan fingerprint density at radius 3 is 2.35 bits per heavy atom. The Labute approximate surface area is 163 Å². The number of ether oxygens (including phenoxy) is 1. The average molecular weight is 394 g/mol. The Bertz CT molecular complexity index is 788. The fraction of sp³-hybridized carbons (Fsp3) is 0.316. The molecule has 1 heterocycles. The van der Waals surface area contributed by atoms with E-state index in [9.17, 15) is 4.79 Å². The summed E-state index contributed by atoms with van der Waals surface area (Å²) in [6, 6.07) is 10.9. The molecule has 1 saturated heterocycles. The summed E-state index contributed by atoms with van der Waals surface area (Å²) < 4.78 is 5.47. The number of urea groups is 1. The van der Waals surface area contributed by atoms with E-state index in [0.29, 0.717) is 23.1 Å². The van der Waals surface area contributed by atoms with Gasteiger partial charge in [0.05, 0.1) is 12.8 Å². The molecule has 1 fully saturated rings. The van der Waals surface area contributed by atoms with E-state index < -0.39 is 0 Å². The molecule has 2 amide bonds. The van der Waals surface area contributed by atoms with Crippen LogP contribution in [0, 0.1) is 6.92 Å². The van der Waals surface area contributed by atoms with Gasteiger partial charge in [0.1, 0.15) is 5.75 Å². The second-order valence-corrected chi connectivity index (χ2v) is 7.03. The van der Waals surface area contributed by atoms with Crippen LogP contribution in [0.25, 0.3) is 0 Å². The Morgan fingerprint density at radius 1 is 1.08 bits per heavy atom. The molecule has 0 unspecified atom stereocenters. The van der Waals surface area contributed by atoms with E-state index in [1.165, 1.54) is 0 Å². The van der Waals surface area contributed by atoms with Gasteiger partial charge in [0.25, 0.3) is 0 Å². The number of carbonyl (C=O) groups is 1. The van der Waals surface area contributed by atoms with Crippen molar-refractivity contribution in [2.24, 2.45) is 0 Å². The molecule has 1 aliphatic heterocycles. The van der Waals surface area contributed by atoms with Gasteiger partial charge in [-0.1, -0.05) is 23.2 Å². The van der Waals surface area contributed by atoms with E-state index in [1.54, 1.807) is 36.3 Å². The first-order chi connectivity index (χ1) is 12.5. The molecule has 0 bridgehead atoms. The minimum atomic E-state index is -0.105. The first kappa shape index (κ1) is 18.7. The van der Waals surface area contributed by atoms with Gasteiger partial charge in [-0.15, -0.1) is 0 Å². The highest BCUT2D eigenvalue weighted by molar-refractivity contribution is 6.31. The van der Waals surface area contributed by atoms with E-state index in [2.05, 4.69) is 10.2 Å². The minimum absolute atomic E-state index is 0.105. The van der Waals surface area contributed by atoms with Crippen molar-refractivity contribution < 1.29 is 9.53 Å². The topological polar surface area (TPSA) is 44.8 Å². The first-order valence-electron chi connectivity index (χ1n) is 8.38. The molecule has 0 atom stereocenters. The standard InChI is InChI=1S/C19H21Cl2N3O2/c1-13-11-17(18(26-2)12-16(13)21)23-7-9-24(10-8-23)19(25)22-15-5-3-14(20)4-6-15/h3-6,11-12H,7-10H2,1-2H3,(H,22,25). The summed E-state index contributed by atoms with van der Waals surface area (Å²) in [6.45, 7) is 4.69. The largest absolute Gasteiger partial charge is 0.495 e. The number of carbonyl (C=O) groups excluding carboxylic acids is 1. The van der Waals surface area contributed by atoms with Crippen LogP contribution in [0.15, 0.2) is 36.4 Å². The number of rotatable bonds is 3. The molecular weight excluding hydrogens is 373 g/mol.